The van der Waals surface area contributed by atoms with Gasteiger partial charge >= 0.3 is 6.09 Å². The van der Waals surface area contributed by atoms with Crippen molar-refractivity contribution in [3.63, 3.8) is 0 Å². The number of hydrogen-bond acceptors (Lipinski definition) is 12. The first-order valence-corrected chi connectivity index (χ1v) is 21.6. The summed E-state index contributed by atoms with van der Waals surface area (Å²) in [5.41, 5.74) is 3.12. The highest BCUT2D eigenvalue weighted by molar-refractivity contribution is 7.98. The minimum Gasteiger partial charge on any atom is -0.459 e. The summed E-state index contributed by atoms with van der Waals surface area (Å²) >= 11 is 1.66. The van der Waals surface area contributed by atoms with Gasteiger partial charge in [-0.15, -0.1) is 18.3 Å². The Balaban J connectivity index is 1.52. The van der Waals surface area contributed by atoms with Crippen LogP contribution >= 0.6 is 11.8 Å². The van der Waals surface area contributed by atoms with Crippen molar-refractivity contribution >= 4 is 29.3 Å². The molecule has 0 spiro atoms. The van der Waals surface area contributed by atoms with E-state index in [1.807, 2.05) is 48.7 Å². The lowest BCUT2D eigenvalue weighted by Crippen LogP contribution is -2.69. The number of allylic oxidation sites excluding steroid dienone is 1. The lowest BCUT2D eigenvalue weighted by atomic mass is 9.55. The highest BCUT2D eigenvalue weighted by atomic mass is 32.2. The van der Waals surface area contributed by atoms with Gasteiger partial charge in [0, 0.05) is 55.2 Å². The molecule has 2 aliphatic carbocycles. The normalized spacial score (nSPS) is 23.6. The number of carbonyl (C=O) groups is 1. The van der Waals surface area contributed by atoms with Crippen molar-refractivity contribution in [2.24, 2.45) is 22.9 Å². The fourth-order valence-electron chi connectivity index (χ4n) is 8.82. The summed E-state index contributed by atoms with van der Waals surface area (Å²) in [4.78, 5) is 33.2. The molecule has 3 aromatic rings. The third kappa shape index (κ3) is 9.78. The molecule has 1 aliphatic heterocycles. The number of thioether (sulfide) groups is 1. The van der Waals surface area contributed by atoms with Gasteiger partial charge in [-0.25, -0.2) is 4.79 Å². The zero-order valence-electron chi connectivity index (χ0n) is 34.0. The van der Waals surface area contributed by atoms with Gasteiger partial charge in [-0.2, -0.15) is 0 Å². The summed E-state index contributed by atoms with van der Waals surface area (Å²) in [5, 5.41) is 35.8. The Bertz CT molecular complexity index is 1970. The smallest absolute Gasteiger partial charge is 0.409 e. The van der Waals surface area contributed by atoms with Crippen molar-refractivity contribution in [2.75, 3.05) is 39.7 Å². The van der Waals surface area contributed by atoms with E-state index >= 15 is 0 Å². The second kappa shape index (κ2) is 20.4. The molecule has 1 fully saturated rings. The van der Waals surface area contributed by atoms with E-state index in [0.29, 0.717) is 41.4 Å². The molecule has 0 radical (unpaired) electrons. The largest absolute Gasteiger partial charge is 0.459 e. The van der Waals surface area contributed by atoms with Gasteiger partial charge in [-0.1, -0.05) is 30.1 Å². The van der Waals surface area contributed by atoms with Crippen LogP contribution in [0, 0.1) is 27.9 Å². The number of nitro benzene ring substituents is 1. The van der Waals surface area contributed by atoms with E-state index in [-0.39, 0.29) is 62.9 Å². The highest BCUT2D eigenvalue weighted by Gasteiger charge is 2.65. The van der Waals surface area contributed by atoms with Crippen molar-refractivity contribution in [3.05, 3.63) is 112 Å². The number of carbonyl (C=O) groups excluding carboxylic acids is 1. The van der Waals surface area contributed by atoms with E-state index in [2.05, 4.69) is 12.7 Å². The third-order valence-corrected chi connectivity index (χ3v) is 12.3. The number of nitrogens with zero attached hydrogens (tertiary/aromatic N) is 3. The maximum atomic E-state index is 13.7. The van der Waals surface area contributed by atoms with Gasteiger partial charge in [-0.3, -0.25) is 10.1 Å². The molecule has 6 unspecified atom stereocenters. The standard InChI is InChI=1S/C45H55N3O10S/c1-5-25-55-45-41(47(3)44(51)54-6-2)28-39(46-56-29-30-13-15-32(16-14-30)48(52)53)37-26-31(11-7-9-23-49)36(12-8-10-24-50)42(43(37)45)38-27-34(19-22-40(38)58-45)57-33-17-20-35(59-4)21-18-33/h5,13-22,26-27,31,36,41-43,49-50H,1,6-12,23-25,28-29H2,2-4H3. The predicted octanol–water partition coefficient (Wildman–Crippen LogP) is 9.03. The first-order chi connectivity index (χ1) is 28.7. The number of benzene rings is 3. The summed E-state index contributed by atoms with van der Waals surface area (Å²) in [6.07, 6.45) is 10.1. The molecule has 1 amide bonds. The zero-order valence-corrected chi connectivity index (χ0v) is 34.8. The zero-order chi connectivity index (χ0) is 41.9. The fraction of sp³-hybridized carbons (Fsp3) is 0.467. The summed E-state index contributed by atoms with van der Waals surface area (Å²) in [5.74, 6) is -0.128. The van der Waals surface area contributed by atoms with Crippen LogP contribution in [0.5, 0.6) is 17.2 Å². The van der Waals surface area contributed by atoms with Crippen molar-refractivity contribution in [3.8, 4) is 17.2 Å². The lowest BCUT2D eigenvalue weighted by molar-refractivity contribution is -0.384. The molecule has 14 heteroatoms. The molecule has 3 aliphatic rings. The van der Waals surface area contributed by atoms with Crippen LogP contribution in [0.4, 0.5) is 10.5 Å². The molecule has 13 nitrogen and oxygen atoms in total. The maximum absolute atomic E-state index is 13.7. The molecular weight excluding hydrogens is 775 g/mol. The molecule has 6 atom stereocenters. The topological polar surface area (TPSA) is 162 Å². The average Bonchev–Trinajstić information content (AvgIpc) is 3.24. The number of rotatable bonds is 20. The van der Waals surface area contributed by atoms with Gasteiger partial charge in [0.05, 0.1) is 29.8 Å². The van der Waals surface area contributed by atoms with Crippen LogP contribution in [-0.4, -0.2) is 83.4 Å². The quantitative estimate of drug-likeness (QED) is 0.0367. The van der Waals surface area contributed by atoms with Gasteiger partial charge in [0.25, 0.3) is 5.69 Å². The van der Waals surface area contributed by atoms with Gasteiger partial charge in [-0.05, 0) is 116 Å². The van der Waals surface area contributed by atoms with Crippen LogP contribution in [0.2, 0.25) is 0 Å². The Kier molecular flexibility index (Phi) is 15.1. The summed E-state index contributed by atoms with van der Waals surface area (Å²) in [6.45, 7) is 6.24. The molecule has 3 aromatic carbocycles. The molecule has 316 valence electrons. The molecule has 0 bridgehead atoms. The number of likely N-dealkylation sites (N-methyl/N-ethyl adjacent to an activating group) is 1. The van der Waals surface area contributed by atoms with E-state index in [0.717, 1.165) is 41.7 Å². The number of amides is 1. The van der Waals surface area contributed by atoms with Gasteiger partial charge < -0.3 is 38.9 Å². The number of oxime groups is 1. The minimum absolute atomic E-state index is 0.0214. The Labute approximate surface area is 350 Å². The fourth-order valence-corrected chi connectivity index (χ4v) is 9.23. The van der Waals surface area contributed by atoms with Crippen molar-refractivity contribution < 1.29 is 43.7 Å². The van der Waals surface area contributed by atoms with Crippen molar-refractivity contribution in [1.82, 2.24) is 4.90 Å². The summed E-state index contributed by atoms with van der Waals surface area (Å²) in [7, 11) is 1.68. The summed E-state index contributed by atoms with van der Waals surface area (Å²) in [6, 6.07) is 19.2. The number of non-ortho nitro benzene ring substituents is 1. The monoisotopic (exact) mass is 829 g/mol. The first kappa shape index (κ1) is 43.7. The minimum atomic E-state index is -1.42. The second-order valence-electron chi connectivity index (χ2n) is 15.1. The molecule has 0 saturated heterocycles. The van der Waals surface area contributed by atoms with Gasteiger partial charge in [0.1, 0.15) is 29.9 Å². The third-order valence-electron chi connectivity index (χ3n) is 11.5. The molecular formula is C45H55N3O10S. The number of nitro groups is 1. The van der Waals surface area contributed by atoms with Crippen LogP contribution in [0.3, 0.4) is 0 Å². The first-order valence-electron chi connectivity index (χ1n) is 20.3. The predicted molar refractivity (Wildman–Crippen MR) is 226 cm³/mol. The number of fused-ring (bicyclic) bond motifs is 2. The molecule has 1 saturated carbocycles. The van der Waals surface area contributed by atoms with Crippen LogP contribution in [0.1, 0.15) is 68.9 Å². The van der Waals surface area contributed by atoms with Crippen LogP contribution in [0.25, 0.3) is 0 Å². The lowest BCUT2D eigenvalue weighted by Gasteiger charge is -2.59. The van der Waals surface area contributed by atoms with Gasteiger partial charge in [0.2, 0.25) is 5.79 Å². The maximum Gasteiger partial charge on any atom is 0.409 e. The summed E-state index contributed by atoms with van der Waals surface area (Å²) < 4.78 is 26.1. The molecule has 2 N–H and O–H groups in total. The average molecular weight is 830 g/mol. The Morgan fingerprint density at radius 3 is 2.42 bits per heavy atom. The number of hydrogen-bond donors (Lipinski definition) is 2. The highest BCUT2D eigenvalue weighted by Crippen LogP contribution is 2.62. The number of unbranched alkanes of at least 4 members (excludes halogenated alkanes) is 2. The number of aliphatic hydroxyl groups is 2. The van der Waals surface area contributed by atoms with E-state index in [1.54, 1.807) is 43.9 Å². The van der Waals surface area contributed by atoms with Crippen molar-refractivity contribution in [2.45, 2.75) is 81.1 Å². The van der Waals surface area contributed by atoms with Crippen LogP contribution in [-0.2, 0) is 20.9 Å². The van der Waals surface area contributed by atoms with E-state index in [4.69, 9.17) is 28.9 Å². The molecule has 59 heavy (non-hydrogen) atoms. The Hall–Kier alpha value is -4.89. The molecule has 1 heterocycles. The van der Waals surface area contributed by atoms with Gasteiger partial charge in [0.15, 0.2) is 0 Å². The van der Waals surface area contributed by atoms with Crippen molar-refractivity contribution in [1.29, 1.82) is 0 Å². The number of aliphatic hydroxyl groups excluding tert-OH is 2. The van der Waals surface area contributed by atoms with Crippen LogP contribution < -0.4 is 9.47 Å². The van der Waals surface area contributed by atoms with E-state index < -0.39 is 28.8 Å². The SMILES string of the molecule is C=CCOC12Oc3ccc(Oc4ccc(SC)cc4)cc3C3C(CCCCO)C(CCCCO)C=C(C(=NOCc4ccc([N+](=O)[O-])cc4)CC1N(C)C(=O)OCC)C32. The second-order valence-corrected chi connectivity index (χ2v) is 15.9. The molecule has 0 aromatic heterocycles. The Morgan fingerprint density at radius 1 is 1.05 bits per heavy atom. The van der Waals surface area contributed by atoms with E-state index in [9.17, 15) is 25.1 Å². The number of ether oxygens (including phenoxy) is 4. The molecule has 6 rings (SSSR count). The van der Waals surface area contributed by atoms with E-state index in [1.165, 1.54) is 17.0 Å². The van der Waals surface area contributed by atoms with Crippen LogP contribution in [0.15, 0.2) is 101 Å². The Morgan fingerprint density at radius 2 is 1.76 bits per heavy atom.